The summed E-state index contributed by atoms with van der Waals surface area (Å²) >= 11 is 0. The number of phenols is 1. The van der Waals surface area contributed by atoms with E-state index in [0.29, 0.717) is 23.3 Å². The van der Waals surface area contributed by atoms with Gasteiger partial charge in [-0.25, -0.2) is 0 Å². The van der Waals surface area contributed by atoms with Crippen LogP contribution in [0.4, 0.5) is 0 Å². The molecule has 0 radical (unpaired) electrons. The van der Waals surface area contributed by atoms with Gasteiger partial charge in [0.2, 0.25) is 0 Å². The van der Waals surface area contributed by atoms with Gasteiger partial charge in [-0.1, -0.05) is 6.92 Å². The van der Waals surface area contributed by atoms with Gasteiger partial charge < -0.3 is 15.3 Å². The third kappa shape index (κ3) is 1.88. The van der Waals surface area contributed by atoms with E-state index in [2.05, 4.69) is 6.92 Å². The lowest BCUT2D eigenvalue weighted by Crippen LogP contribution is -2.43. The highest BCUT2D eigenvalue weighted by molar-refractivity contribution is 5.45. The number of hydrogen-bond donors (Lipinski definition) is 3. The van der Waals surface area contributed by atoms with E-state index in [4.69, 9.17) is 0 Å². The lowest BCUT2D eigenvalue weighted by Gasteiger charge is -2.50. The van der Waals surface area contributed by atoms with Gasteiger partial charge in [0.1, 0.15) is 5.75 Å². The Kier molecular flexibility index (Phi) is 3.28. The molecule has 3 aliphatic rings. The summed E-state index contributed by atoms with van der Waals surface area (Å²) in [7, 11) is 0. The zero-order valence-corrected chi connectivity index (χ0v) is 13.3. The van der Waals surface area contributed by atoms with Crippen molar-refractivity contribution >= 4 is 0 Å². The van der Waals surface area contributed by atoms with Crippen molar-refractivity contribution in [2.75, 3.05) is 0 Å². The first-order chi connectivity index (χ1) is 10.5. The van der Waals surface area contributed by atoms with Crippen LogP contribution in [0, 0.1) is 17.3 Å². The van der Waals surface area contributed by atoms with Crippen molar-refractivity contribution in [1.29, 1.82) is 0 Å². The molecule has 2 fully saturated rings. The van der Waals surface area contributed by atoms with Gasteiger partial charge in [0.05, 0.1) is 12.7 Å². The molecule has 3 N–H and O–H groups in total. The number of fused-ring (bicyclic) bond motifs is 5. The molecule has 120 valence electrons. The van der Waals surface area contributed by atoms with Gasteiger partial charge >= 0.3 is 0 Å². The molecule has 0 spiro atoms. The zero-order valence-electron chi connectivity index (χ0n) is 13.3. The Morgan fingerprint density at radius 3 is 2.77 bits per heavy atom. The number of aliphatic hydroxyl groups excluding tert-OH is 2. The Morgan fingerprint density at radius 2 is 2.00 bits per heavy atom. The average Bonchev–Trinajstić information content (AvgIpc) is 2.82. The fraction of sp³-hybridized carbons (Fsp3) is 0.684. The highest BCUT2D eigenvalue weighted by atomic mass is 16.3. The minimum Gasteiger partial charge on any atom is -0.508 e. The largest absolute Gasteiger partial charge is 0.508 e. The Bertz CT molecular complexity index is 597. The van der Waals surface area contributed by atoms with Crippen LogP contribution in [0.2, 0.25) is 0 Å². The van der Waals surface area contributed by atoms with Gasteiger partial charge in [-0.05, 0) is 85.0 Å². The summed E-state index contributed by atoms with van der Waals surface area (Å²) in [5.74, 6) is 2.05. The van der Waals surface area contributed by atoms with Crippen molar-refractivity contribution < 1.29 is 15.3 Å². The van der Waals surface area contributed by atoms with Crippen LogP contribution >= 0.6 is 0 Å². The number of aromatic hydroxyl groups is 1. The first kappa shape index (κ1) is 14.5. The molecule has 0 unspecified atom stereocenters. The molecular weight excluding hydrogens is 276 g/mol. The zero-order chi connectivity index (χ0) is 15.5. The summed E-state index contributed by atoms with van der Waals surface area (Å²) in [5, 5.41) is 29.9. The Hall–Kier alpha value is -1.06. The molecule has 22 heavy (non-hydrogen) atoms. The molecule has 3 nitrogen and oxygen atoms in total. The van der Waals surface area contributed by atoms with E-state index in [1.807, 2.05) is 12.1 Å². The topological polar surface area (TPSA) is 60.7 Å². The van der Waals surface area contributed by atoms with Crippen LogP contribution in [0.25, 0.3) is 0 Å². The molecule has 0 heterocycles. The van der Waals surface area contributed by atoms with Crippen molar-refractivity contribution in [3.63, 3.8) is 0 Å². The molecule has 1 aromatic carbocycles. The fourth-order valence-electron chi connectivity index (χ4n) is 5.75. The van der Waals surface area contributed by atoms with E-state index in [-0.39, 0.29) is 23.9 Å². The van der Waals surface area contributed by atoms with Gasteiger partial charge in [-0.3, -0.25) is 0 Å². The fourth-order valence-corrected chi connectivity index (χ4v) is 5.75. The highest BCUT2D eigenvalue weighted by Crippen LogP contribution is 2.61. The third-order valence-corrected chi connectivity index (χ3v) is 7.04. The minimum atomic E-state index is -0.132. The molecule has 4 rings (SSSR count). The first-order valence-electron chi connectivity index (χ1n) is 8.68. The molecule has 2 saturated carbocycles. The van der Waals surface area contributed by atoms with Crippen LogP contribution < -0.4 is 0 Å². The van der Waals surface area contributed by atoms with Crippen LogP contribution in [-0.4, -0.2) is 21.4 Å². The normalized spacial score (nSPS) is 40.0. The van der Waals surface area contributed by atoms with Crippen LogP contribution in [0.3, 0.4) is 0 Å². The lowest BCUT2D eigenvalue weighted by atomic mass is 9.55. The van der Waals surface area contributed by atoms with Crippen molar-refractivity contribution in [3.05, 3.63) is 28.8 Å². The summed E-state index contributed by atoms with van der Waals surface area (Å²) in [5.41, 5.74) is 3.37. The second-order valence-corrected chi connectivity index (χ2v) is 7.89. The van der Waals surface area contributed by atoms with Crippen molar-refractivity contribution in [2.24, 2.45) is 17.3 Å². The number of hydrogen-bond acceptors (Lipinski definition) is 3. The Balaban J connectivity index is 1.72. The van der Waals surface area contributed by atoms with Crippen molar-refractivity contribution in [1.82, 2.24) is 0 Å². The molecule has 3 aliphatic carbocycles. The monoisotopic (exact) mass is 302 g/mol. The second kappa shape index (κ2) is 4.97. The summed E-state index contributed by atoms with van der Waals surface area (Å²) in [6, 6.07) is 3.91. The van der Waals surface area contributed by atoms with E-state index in [9.17, 15) is 15.3 Å². The van der Waals surface area contributed by atoms with Gasteiger partial charge in [0.15, 0.2) is 0 Å². The molecule has 0 amide bonds. The minimum absolute atomic E-state index is 0.101. The number of aliphatic hydroxyl groups is 2. The lowest BCUT2D eigenvalue weighted by molar-refractivity contribution is -0.0226. The summed E-state index contributed by atoms with van der Waals surface area (Å²) < 4.78 is 0. The predicted octanol–water partition coefficient (Wildman–Crippen LogP) is 3.10. The maximum atomic E-state index is 10.4. The molecule has 0 aromatic heterocycles. The smallest absolute Gasteiger partial charge is 0.121 e. The van der Waals surface area contributed by atoms with Crippen LogP contribution in [0.15, 0.2) is 12.1 Å². The summed E-state index contributed by atoms with van der Waals surface area (Å²) in [6.45, 7) is 2.19. The van der Waals surface area contributed by atoms with Crippen LogP contribution in [-0.2, 0) is 13.0 Å². The molecule has 3 heteroatoms. The van der Waals surface area contributed by atoms with Crippen molar-refractivity contribution in [3.8, 4) is 5.75 Å². The molecule has 0 bridgehead atoms. The van der Waals surface area contributed by atoms with Crippen LogP contribution in [0.1, 0.15) is 61.6 Å². The van der Waals surface area contributed by atoms with E-state index >= 15 is 0 Å². The van der Waals surface area contributed by atoms with Gasteiger partial charge in [-0.2, -0.15) is 0 Å². The Labute approximate surface area is 132 Å². The maximum absolute atomic E-state index is 10.4. The van der Waals surface area contributed by atoms with E-state index < -0.39 is 0 Å². The first-order valence-corrected chi connectivity index (χ1v) is 8.68. The Morgan fingerprint density at radius 1 is 1.18 bits per heavy atom. The van der Waals surface area contributed by atoms with Gasteiger partial charge in [0.25, 0.3) is 0 Å². The SMILES string of the molecule is C[C@]12CC[C@@H]3c4cc(CO)c(O)cc4CC[C@H]3[C@@H]1CC[C@@H]2O. The molecule has 5 atom stereocenters. The van der Waals surface area contributed by atoms with Crippen LogP contribution in [0.5, 0.6) is 5.75 Å². The molecule has 0 aliphatic heterocycles. The molecule has 0 saturated heterocycles. The van der Waals surface area contributed by atoms with Gasteiger partial charge in [0, 0.05) is 5.56 Å². The summed E-state index contributed by atoms with van der Waals surface area (Å²) in [4.78, 5) is 0. The average molecular weight is 302 g/mol. The molecular formula is C19H26O3. The van der Waals surface area contributed by atoms with E-state index in [1.165, 1.54) is 17.5 Å². The number of rotatable bonds is 1. The van der Waals surface area contributed by atoms with Crippen molar-refractivity contribution in [2.45, 2.75) is 64.1 Å². The highest BCUT2D eigenvalue weighted by Gasteiger charge is 2.54. The standard InChI is InChI=1S/C19H26O3/c1-19-7-6-13-14(16(19)4-5-18(19)22)3-2-11-9-17(21)12(10-20)8-15(11)13/h8-9,13-14,16,18,20-22H,2-7,10H2,1H3/t13-,14+,16-,18-,19-/m0/s1. The quantitative estimate of drug-likeness (QED) is 0.747. The number of aryl methyl sites for hydroxylation is 1. The maximum Gasteiger partial charge on any atom is 0.121 e. The van der Waals surface area contributed by atoms with E-state index in [0.717, 1.165) is 32.1 Å². The van der Waals surface area contributed by atoms with E-state index in [1.54, 1.807) is 0 Å². The second-order valence-electron chi connectivity index (χ2n) is 7.89. The predicted molar refractivity (Wildman–Crippen MR) is 84.7 cm³/mol. The number of benzene rings is 1. The third-order valence-electron chi connectivity index (χ3n) is 7.04. The van der Waals surface area contributed by atoms with Gasteiger partial charge in [-0.15, -0.1) is 0 Å². The summed E-state index contributed by atoms with van der Waals surface area (Å²) in [6.07, 6.45) is 6.37. The molecule has 1 aromatic rings.